The summed E-state index contributed by atoms with van der Waals surface area (Å²) in [5, 5.41) is 0.908. The summed E-state index contributed by atoms with van der Waals surface area (Å²) in [6, 6.07) is 8.67. The molecule has 6 nitrogen and oxygen atoms in total. The van der Waals surface area contributed by atoms with Gasteiger partial charge in [-0.3, -0.25) is 0 Å². The Hall–Kier alpha value is -2.89. The topological polar surface area (TPSA) is 74.5 Å². The number of aromatic nitrogens is 2. The lowest BCUT2D eigenvalue weighted by molar-refractivity contribution is 0.376. The quantitative estimate of drug-likeness (QED) is 0.673. The number of nitrogens with zero attached hydrogens (tertiary/aromatic N) is 2. The summed E-state index contributed by atoms with van der Waals surface area (Å²) in [4.78, 5) is 19.8. The third-order valence-electron chi connectivity index (χ3n) is 3.35. The minimum Gasteiger partial charge on any atom is -0.481 e. The molecule has 0 amide bonds. The van der Waals surface area contributed by atoms with Gasteiger partial charge in [-0.1, -0.05) is 13.3 Å². The van der Waals surface area contributed by atoms with Crippen LogP contribution in [0.5, 0.6) is 17.6 Å². The molecule has 23 heavy (non-hydrogen) atoms. The average molecular weight is 312 g/mol. The maximum Gasteiger partial charge on any atom is 0.336 e. The van der Waals surface area contributed by atoms with E-state index < -0.39 is 0 Å². The van der Waals surface area contributed by atoms with Crippen LogP contribution in [0.4, 0.5) is 0 Å². The van der Waals surface area contributed by atoms with Gasteiger partial charge < -0.3 is 13.9 Å². The highest BCUT2D eigenvalue weighted by Gasteiger charge is 2.08. The zero-order chi connectivity index (χ0) is 16.2. The maximum absolute atomic E-state index is 11.7. The van der Waals surface area contributed by atoms with E-state index in [9.17, 15) is 4.79 Å². The first-order chi connectivity index (χ1) is 11.2. The Balaban J connectivity index is 1.98. The van der Waals surface area contributed by atoms with Crippen molar-refractivity contribution in [1.82, 2.24) is 9.97 Å². The van der Waals surface area contributed by atoms with Crippen LogP contribution in [-0.2, 0) is 6.42 Å². The fourth-order valence-electron chi connectivity index (χ4n) is 2.34. The summed E-state index contributed by atoms with van der Waals surface area (Å²) in [5.74, 6) is 0.898. The highest BCUT2D eigenvalue weighted by molar-refractivity contribution is 5.81. The van der Waals surface area contributed by atoms with E-state index in [-0.39, 0.29) is 11.6 Å². The molecule has 6 heteroatoms. The molecular weight excluding hydrogens is 296 g/mol. The van der Waals surface area contributed by atoms with Crippen LogP contribution >= 0.6 is 0 Å². The molecule has 0 fully saturated rings. The van der Waals surface area contributed by atoms with E-state index in [0.717, 1.165) is 23.8 Å². The number of rotatable bonds is 5. The van der Waals surface area contributed by atoms with Crippen LogP contribution in [0, 0.1) is 0 Å². The first-order valence-corrected chi connectivity index (χ1v) is 7.31. The molecule has 0 unspecified atom stereocenters. The molecule has 3 rings (SSSR count). The Morgan fingerprint density at radius 2 is 2.09 bits per heavy atom. The van der Waals surface area contributed by atoms with Gasteiger partial charge >= 0.3 is 11.6 Å². The molecule has 2 aromatic heterocycles. The molecule has 0 aliphatic rings. The lowest BCUT2D eigenvalue weighted by atomic mass is 10.1. The Morgan fingerprint density at radius 3 is 2.87 bits per heavy atom. The predicted octanol–water partition coefficient (Wildman–Crippen LogP) is 3.34. The molecular formula is C17H16N2O4. The van der Waals surface area contributed by atoms with Crippen molar-refractivity contribution in [2.75, 3.05) is 7.11 Å². The summed E-state index contributed by atoms with van der Waals surface area (Å²) in [5.41, 5.74) is 1.10. The number of fused-ring (bicyclic) bond motifs is 1. The van der Waals surface area contributed by atoms with Gasteiger partial charge in [0.15, 0.2) is 0 Å². The Morgan fingerprint density at radius 1 is 1.22 bits per heavy atom. The van der Waals surface area contributed by atoms with Crippen LogP contribution in [0.25, 0.3) is 11.0 Å². The van der Waals surface area contributed by atoms with Gasteiger partial charge in [-0.05, 0) is 24.1 Å². The van der Waals surface area contributed by atoms with E-state index in [2.05, 4.69) is 16.9 Å². The van der Waals surface area contributed by atoms with Crippen molar-refractivity contribution >= 4 is 11.0 Å². The first-order valence-electron chi connectivity index (χ1n) is 7.31. The normalized spacial score (nSPS) is 10.7. The average Bonchev–Trinajstić information content (AvgIpc) is 2.55. The van der Waals surface area contributed by atoms with Crippen LogP contribution in [0.1, 0.15) is 18.9 Å². The van der Waals surface area contributed by atoms with Gasteiger partial charge in [0.25, 0.3) is 0 Å². The van der Waals surface area contributed by atoms with Crippen LogP contribution < -0.4 is 15.1 Å². The molecule has 1 aromatic carbocycles. The molecule has 118 valence electrons. The first kappa shape index (κ1) is 15.0. The van der Waals surface area contributed by atoms with Gasteiger partial charge in [-0.2, -0.15) is 4.98 Å². The monoisotopic (exact) mass is 312 g/mol. The molecule has 0 radical (unpaired) electrons. The minimum absolute atomic E-state index is 0.163. The molecule has 3 aromatic rings. The smallest absolute Gasteiger partial charge is 0.336 e. The largest absolute Gasteiger partial charge is 0.481 e. The van der Waals surface area contributed by atoms with Crippen molar-refractivity contribution in [2.45, 2.75) is 19.8 Å². The maximum atomic E-state index is 11.7. The van der Waals surface area contributed by atoms with Crippen molar-refractivity contribution < 1.29 is 13.9 Å². The van der Waals surface area contributed by atoms with Gasteiger partial charge in [0, 0.05) is 29.8 Å². The molecule has 0 bridgehead atoms. The van der Waals surface area contributed by atoms with E-state index in [4.69, 9.17) is 13.9 Å². The predicted molar refractivity (Wildman–Crippen MR) is 85.1 cm³/mol. The second-order valence-electron chi connectivity index (χ2n) is 4.98. The van der Waals surface area contributed by atoms with E-state index >= 15 is 0 Å². The molecule has 0 atom stereocenters. The number of hydrogen-bond acceptors (Lipinski definition) is 6. The lowest BCUT2D eigenvalue weighted by Crippen LogP contribution is -2.01. The molecule has 0 spiro atoms. The summed E-state index contributed by atoms with van der Waals surface area (Å²) >= 11 is 0. The van der Waals surface area contributed by atoms with Gasteiger partial charge in [0.2, 0.25) is 5.88 Å². The van der Waals surface area contributed by atoms with Crippen molar-refractivity contribution in [1.29, 1.82) is 0 Å². The van der Waals surface area contributed by atoms with Crippen molar-refractivity contribution in [2.24, 2.45) is 0 Å². The Labute approximate surface area is 132 Å². The number of ether oxygens (including phenoxy) is 2. The lowest BCUT2D eigenvalue weighted by Gasteiger charge is -2.07. The second-order valence-corrected chi connectivity index (χ2v) is 4.98. The van der Waals surface area contributed by atoms with Crippen molar-refractivity contribution in [3.63, 3.8) is 0 Å². The third kappa shape index (κ3) is 3.31. The van der Waals surface area contributed by atoms with E-state index in [1.165, 1.54) is 13.2 Å². The van der Waals surface area contributed by atoms with Crippen LogP contribution in [-0.4, -0.2) is 17.1 Å². The molecule has 0 aliphatic carbocycles. The minimum atomic E-state index is -0.365. The highest BCUT2D eigenvalue weighted by atomic mass is 16.5. The van der Waals surface area contributed by atoms with Crippen LogP contribution in [0.3, 0.4) is 0 Å². The standard InChI is InChI=1S/C17H16N2O4/c1-3-4-11-9-16(20)23-14-10-12(5-6-13(11)14)22-17-18-8-7-15(19-17)21-2/h5-10H,3-4H2,1-2H3. The molecule has 0 saturated carbocycles. The van der Waals surface area contributed by atoms with Crippen molar-refractivity contribution in [3.8, 4) is 17.6 Å². The second kappa shape index (κ2) is 6.48. The number of methoxy groups -OCH3 is 1. The number of benzene rings is 1. The summed E-state index contributed by atoms with van der Waals surface area (Å²) < 4.78 is 15.9. The van der Waals surface area contributed by atoms with Crippen LogP contribution in [0.15, 0.2) is 45.7 Å². The molecule has 0 saturated heterocycles. The SMILES string of the molecule is CCCc1cc(=O)oc2cc(Oc3nccc(OC)n3)ccc12. The summed E-state index contributed by atoms with van der Waals surface area (Å²) in [6.07, 6.45) is 3.32. The zero-order valence-corrected chi connectivity index (χ0v) is 12.9. The van der Waals surface area contributed by atoms with E-state index in [0.29, 0.717) is 17.2 Å². The van der Waals surface area contributed by atoms with E-state index in [1.807, 2.05) is 6.07 Å². The third-order valence-corrected chi connectivity index (χ3v) is 3.35. The molecule has 2 heterocycles. The Bertz CT molecular complexity index is 889. The molecule has 0 aliphatic heterocycles. The van der Waals surface area contributed by atoms with Gasteiger partial charge in [-0.15, -0.1) is 0 Å². The molecule has 0 N–H and O–H groups in total. The van der Waals surface area contributed by atoms with Gasteiger partial charge in [0.1, 0.15) is 11.3 Å². The number of aryl methyl sites for hydroxylation is 1. The fourth-order valence-corrected chi connectivity index (χ4v) is 2.34. The number of hydrogen-bond donors (Lipinski definition) is 0. The van der Waals surface area contributed by atoms with Crippen molar-refractivity contribution in [3.05, 3.63) is 52.5 Å². The highest BCUT2D eigenvalue weighted by Crippen LogP contribution is 2.26. The Kier molecular flexibility index (Phi) is 4.23. The fraction of sp³-hybridized carbons (Fsp3) is 0.235. The van der Waals surface area contributed by atoms with E-state index in [1.54, 1.807) is 24.4 Å². The summed E-state index contributed by atoms with van der Waals surface area (Å²) in [7, 11) is 1.52. The zero-order valence-electron chi connectivity index (χ0n) is 12.9. The van der Waals surface area contributed by atoms with Crippen LogP contribution in [0.2, 0.25) is 0 Å². The van der Waals surface area contributed by atoms with Gasteiger partial charge in [-0.25, -0.2) is 9.78 Å². The van der Waals surface area contributed by atoms with Gasteiger partial charge in [0.05, 0.1) is 7.11 Å². The summed E-state index contributed by atoms with van der Waals surface area (Å²) in [6.45, 7) is 2.07.